The maximum Gasteiger partial charge on any atom is 0.194 e. The fourth-order valence-corrected chi connectivity index (χ4v) is 3.28. The van der Waals surface area contributed by atoms with E-state index in [1.54, 1.807) is 0 Å². The Labute approximate surface area is 167 Å². The standard InChI is InChI=1S/C19H27N5.HI/c1-4-20-19(21-11-16-7-5-6-15(2)10-16)24-9-8-17(14-24)18-12-22-23(3)13-18;/h5-7,10,12-13,17H,4,8-9,11,14H2,1-3H3,(H,20,21);1H. The maximum absolute atomic E-state index is 4.85. The van der Waals surface area contributed by atoms with Gasteiger partial charge in [-0.25, -0.2) is 4.99 Å². The van der Waals surface area contributed by atoms with E-state index in [9.17, 15) is 0 Å². The van der Waals surface area contributed by atoms with Gasteiger partial charge in [0.25, 0.3) is 0 Å². The molecule has 0 amide bonds. The monoisotopic (exact) mass is 453 g/mol. The highest BCUT2D eigenvalue weighted by Crippen LogP contribution is 2.26. The molecular weight excluding hydrogens is 425 g/mol. The van der Waals surface area contributed by atoms with Gasteiger partial charge in [0.05, 0.1) is 12.7 Å². The number of aryl methyl sites for hydroxylation is 2. The molecule has 1 aliphatic rings. The summed E-state index contributed by atoms with van der Waals surface area (Å²) in [6.45, 7) is 7.90. The fraction of sp³-hybridized carbons (Fsp3) is 0.474. The summed E-state index contributed by atoms with van der Waals surface area (Å²) >= 11 is 0. The Morgan fingerprint density at radius 2 is 2.24 bits per heavy atom. The van der Waals surface area contributed by atoms with E-state index in [1.165, 1.54) is 16.7 Å². The fourth-order valence-electron chi connectivity index (χ4n) is 3.28. The predicted octanol–water partition coefficient (Wildman–Crippen LogP) is 3.30. The molecule has 1 aliphatic heterocycles. The average Bonchev–Trinajstić information content (AvgIpc) is 3.20. The average molecular weight is 453 g/mol. The molecule has 0 radical (unpaired) electrons. The molecule has 6 heteroatoms. The van der Waals surface area contributed by atoms with E-state index in [0.717, 1.165) is 38.6 Å². The number of guanidine groups is 1. The summed E-state index contributed by atoms with van der Waals surface area (Å²) in [7, 11) is 1.98. The van der Waals surface area contributed by atoms with E-state index in [0.29, 0.717) is 5.92 Å². The Morgan fingerprint density at radius 1 is 1.40 bits per heavy atom. The molecule has 25 heavy (non-hydrogen) atoms. The minimum Gasteiger partial charge on any atom is -0.357 e. The summed E-state index contributed by atoms with van der Waals surface area (Å²) in [6, 6.07) is 8.57. The molecule has 0 spiro atoms. The second kappa shape index (κ2) is 9.22. The Morgan fingerprint density at radius 3 is 2.92 bits per heavy atom. The van der Waals surface area contributed by atoms with Gasteiger partial charge in [0, 0.05) is 38.8 Å². The smallest absolute Gasteiger partial charge is 0.194 e. The molecule has 0 aliphatic carbocycles. The van der Waals surface area contributed by atoms with E-state index in [1.807, 2.05) is 17.9 Å². The lowest BCUT2D eigenvalue weighted by molar-refractivity contribution is 0.486. The van der Waals surface area contributed by atoms with Crippen LogP contribution in [0.3, 0.4) is 0 Å². The molecule has 1 saturated heterocycles. The van der Waals surface area contributed by atoms with Gasteiger partial charge in [0.2, 0.25) is 0 Å². The second-order valence-electron chi connectivity index (χ2n) is 6.54. The Bertz CT molecular complexity index is 709. The SMILES string of the molecule is CCNC(=NCc1cccc(C)c1)N1CCC(c2cnn(C)c2)C1.I. The van der Waals surface area contributed by atoms with E-state index < -0.39 is 0 Å². The summed E-state index contributed by atoms with van der Waals surface area (Å²) in [5.74, 6) is 1.56. The van der Waals surface area contributed by atoms with Crippen LogP contribution in [0.2, 0.25) is 0 Å². The van der Waals surface area contributed by atoms with Gasteiger partial charge in [0.15, 0.2) is 5.96 Å². The zero-order chi connectivity index (χ0) is 16.9. The van der Waals surface area contributed by atoms with Crippen LogP contribution < -0.4 is 5.32 Å². The molecule has 1 aromatic heterocycles. The summed E-state index contributed by atoms with van der Waals surface area (Å²) in [5.41, 5.74) is 3.87. The van der Waals surface area contributed by atoms with E-state index in [4.69, 9.17) is 4.99 Å². The van der Waals surface area contributed by atoms with Crippen molar-refractivity contribution in [2.75, 3.05) is 19.6 Å². The van der Waals surface area contributed by atoms with Crippen molar-refractivity contribution >= 4 is 29.9 Å². The lowest BCUT2D eigenvalue weighted by atomic mass is 10.0. The minimum atomic E-state index is 0. The topological polar surface area (TPSA) is 45.5 Å². The van der Waals surface area contributed by atoms with Crippen LogP contribution in [0, 0.1) is 6.92 Å². The van der Waals surface area contributed by atoms with Crippen LogP contribution in [0.5, 0.6) is 0 Å². The quantitative estimate of drug-likeness (QED) is 0.439. The van der Waals surface area contributed by atoms with Crippen molar-refractivity contribution in [1.29, 1.82) is 0 Å². The lowest BCUT2D eigenvalue weighted by Gasteiger charge is -2.21. The highest BCUT2D eigenvalue weighted by Gasteiger charge is 2.26. The number of hydrogen-bond acceptors (Lipinski definition) is 2. The van der Waals surface area contributed by atoms with Gasteiger partial charge in [-0.2, -0.15) is 5.10 Å². The van der Waals surface area contributed by atoms with Crippen LogP contribution in [0.4, 0.5) is 0 Å². The van der Waals surface area contributed by atoms with E-state index in [-0.39, 0.29) is 24.0 Å². The zero-order valence-corrected chi connectivity index (χ0v) is 17.6. The number of aliphatic imine (C=N–C) groups is 1. The summed E-state index contributed by atoms with van der Waals surface area (Å²) in [4.78, 5) is 7.22. The van der Waals surface area contributed by atoms with Crippen molar-refractivity contribution in [1.82, 2.24) is 20.0 Å². The summed E-state index contributed by atoms with van der Waals surface area (Å²) in [5, 5.41) is 7.75. The Kier molecular flexibility index (Phi) is 7.28. The predicted molar refractivity (Wildman–Crippen MR) is 114 cm³/mol. The van der Waals surface area contributed by atoms with Crippen molar-refractivity contribution in [2.45, 2.75) is 32.7 Å². The highest BCUT2D eigenvalue weighted by atomic mass is 127. The number of aromatic nitrogens is 2. The summed E-state index contributed by atoms with van der Waals surface area (Å²) in [6.07, 6.45) is 5.27. The van der Waals surface area contributed by atoms with Gasteiger partial charge in [-0.05, 0) is 31.4 Å². The van der Waals surface area contributed by atoms with Gasteiger partial charge in [-0.1, -0.05) is 29.8 Å². The molecule has 1 N–H and O–H groups in total. The third kappa shape index (κ3) is 5.20. The molecule has 3 rings (SSSR count). The van der Waals surface area contributed by atoms with Gasteiger partial charge in [0.1, 0.15) is 0 Å². The van der Waals surface area contributed by atoms with Crippen LogP contribution in [0.15, 0.2) is 41.7 Å². The number of rotatable bonds is 4. The van der Waals surface area contributed by atoms with Crippen LogP contribution in [-0.4, -0.2) is 40.3 Å². The van der Waals surface area contributed by atoms with Crippen LogP contribution in [0.25, 0.3) is 0 Å². The second-order valence-corrected chi connectivity index (χ2v) is 6.54. The largest absolute Gasteiger partial charge is 0.357 e. The highest BCUT2D eigenvalue weighted by molar-refractivity contribution is 14.0. The van der Waals surface area contributed by atoms with Crippen molar-refractivity contribution in [3.05, 3.63) is 53.3 Å². The molecule has 2 heterocycles. The molecule has 1 aromatic carbocycles. The van der Waals surface area contributed by atoms with Gasteiger partial charge >= 0.3 is 0 Å². The number of hydrogen-bond donors (Lipinski definition) is 1. The molecule has 1 fully saturated rings. The molecule has 136 valence electrons. The number of nitrogens with one attached hydrogen (secondary N) is 1. The minimum absolute atomic E-state index is 0. The molecule has 1 unspecified atom stereocenters. The Balaban J connectivity index is 0.00000225. The first-order chi connectivity index (χ1) is 11.7. The van der Waals surface area contributed by atoms with E-state index in [2.05, 4.69) is 59.6 Å². The van der Waals surface area contributed by atoms with Crippen LogP contribution >= 0.6 is 24.0 Å². The van der Waals surface area contributed by atoms with E-state index >= 15 is 0 Å². The first kappa shape index (κ1) is 19.8. The van der Waals surface area contributed by atoms with Crippen molar-refractivity contribution < 1.29 is 0 Å². The van der Waals surface area contributed by atoms with Gasteiger partial charge < -0.3 is 10.2 Å². The lowest BCUT2D eigenvalue weighted by Crippen LogP contribution is -2.40. The number of benzene rings is 1. The van der Waals surface area contributed by atoms with Gasteiger partial charge in [-0.3, -0.25) is 4.68 Å². The zero-order valence-electron chi connectivity index (χ0n) is 15.3. The molecule has 2 aromatic rings. The Hall–Kier alpha value is -1.57. The van der Waals surface area contributed by atoms with Gasteiger partial charge in [-0.15, -0.1) is 24.0 Å². The maximum atomic E-state index is 4.85. The normalized spacial score (nSPS) is 17.5. The van der Waals surface area contributed by atoms with Crippen LogP contribution in [0.1, 0.15) is 36.0 Å². The van der Waals surface area contributed by atoms with Crippen molar-refractivity contribution in [3.8, 4) is 0 Å². The molecule has 5 nitrogen and oxygen atoms in total. The van der Waals surface area contributed by atoms with Crippen LogP contribution in [-0.2, 0) is 13.6 Å². The number of halogens is 1. The first-order valence-corrected chi connectivity index (χ1v) is 8.73. The number of likely N-dealkylation sites (tertiary alicyclic amines) is 1. The summed E-state index contributed by atoms with van der Waals surface area (Å²) < 4.78 is 1.88. The van der Waals surface area contributed by atoms with Crippen molar-refractivity contribution in [3.63, 3.8) is 0 Å². The first-order valence-electron chi connectivity index (χ1n) is 8.73. The molecule has 1 atom stereocenters. The number of nitrogens with zero attached hydrogens (tertiary/aromatic N) is 4. The third-order valence-corrected chi connectivity index (χ3v) is 4.51. The van der Waals surface area contributed by atoms with Crippen molar-refractivity contribution in [2.24, 2.45) is 12.0 Å². The molecule has 0 bridgehead atoms. The third-order valence-electron chi connectivity index (χ3n) is 4.51. The molecular formula is C19H28IN5. The molecule has 0 saturated carbocycles.